The van der Waals surface area contributed by atoms with Crippen molar-refractivity contribution >= 4 is 17.2 Å². The summed E-state index contributed by atoms with van der Waals surface area (Å²) in [4.78, 5) is 11.5. The minimum Gasteiger partial charge on any atom is -0.369 e. The highest BCUT2D eigenvalue weighted by Crippen LogP contribution is 2.53. The normalized spacial score (nSPS) is 20.6. The maximum absolute atomic E-state index is 13.9. The van der Waals surface area contributed by atoms with Gasteiger partial charge in [-0.3, -0.25) is 9.35 Å². The summed E-state index contributed by atoms with van der Waals surface area (Å²) in [7, 11) is 0. The first-order chi connectivity index (χ1) is 9.66. The van der Waals surface area contributed by atoms with Crippen LogP contribution in [0.3, 0.4) is 0 Å². The molecule has 1 saturated carbocycles. The fourth-order valence-electron chi connectivity index (χ4n) is 2.48. The number of hydrogen-bond donors (Lipinski definition) is 3. The standard InChI is InChI=1S/C12H13F3N2O3S/c13-9-3-8(2-1-7(9)4-17-21(19)20)11(10(16)18)5-12(14,15)6-11/h1-3,17H,4-6H2,(H2,16,18)(H,19,20). The summed E-state index contributed by atoms with van der Waals surface area (Å²) < 4.78 is 61.2. The largest absolute Gasteiger partial charge is 0.369 e. The molecule has 0 aliphatic heterocycles. The number of nitrogens with one attached hydrogen (secondary N) is 1. The number of benzene rings is 1. The van der Waals surface area contributed by atoms with Crippen molar-refractivity contribution in [1.29, 1.82) is 0 Å². The lowest BCUT2D eigenvalue weighted by Crippen LogP contribution is -2.57. The van der Waals surface area contributed by atoms with Crippen LogP contribution in [0.4, 0.5) is 13.2 Å². The molecule has 1 amide bonds. The second-order valence-corrected chi connectivity index (χ2v) is 5.82. The van der Waals surface area contributed by atoms with Gasteiger partial charge in [0.15, 0.2) is 0 Å². The van der Waals surface area contributed by atoms with E-state index in [-0.39, 0.29) is 17.7 Å². The third-order valence-corrected chi connectivity index (χ3v) is 3.98. The van der Waals surface area contributed by atoms with E-state index in [1.54, 1.807) is 0 Å². The zero-order chi connectivity index (χ0) is 15.8. The van der Waals surface area contributed by atoms with E-state index in [9.17, 15) is 22.2 Å². The second-order valence-electron chi connectivity index (χ2n) is 5.03. The van der Waals surface area contributed by atoms with Crippen LogP contribution in [-0.2, 0) is 28.0 Å². The van der Waals surface area contributed by atoms with Gasteiger partial charge in [-0.1, -0.05) is 12.1 Å². The highest BCUT2D eigenvalue weighted by Gasteiger charge is 2.61. The number of alkyl halides is 2. The summed E-state index contributed by atoms with van der Waals surface area (Å²) in [5.74, 6) is -4.67. The van der Waals surface area contributed by atoms with Gasteiger partial charge in [0.2, 0.25) is 17.2 Å². The number of rotatable bonds is 5. The predicted molar refractivity (Wildman–Crippen MR) is 69.1 cm³/mol. The Kier molecular flexibility index (Phi) is 4.09. The van der Waals surface area contributed by atoms with Crippen molar-refractivity contribution in [3.63, 3.8) is 0 Å². The van der Waals surface area contributed by atoms with Crippen molar-refractivity contribution < 1.29 is 26.7 Å². The van der Waals surface area contributed by atoms with Gasteiger partial charge in [0.1, 0.15) is 5.82 Å². The average molecular weight is 322 g/mol. The lowest BCUT2D eigenvalue weighted by atomic mass is 9.61. The quantitative estimate of drug-likeness (QED) is 0.711. The van der Waals surface area contributed by atoms with Gasteiger partial charge in [-0.05, 0) is 11.6 Å². The van der Waals surface area contributed by atoms with Gasteiger partial charge in [-0.2, -0.15) is 0 Å². The number of amides is 1. The van der Waals surface area contributed by atoms with Crippen LogP contribution in [0.5, 0.6) is 0 Å². The molecule has 1 atom stereocenters. The van der Waals surface area contributed by atoms with Crippen molar-refractivity contribution in [3.05, 3.63) is 35.1 Å². The molecule has 1 aromatic carbocycles. The Bertz CT molecular complexity index is 601. The Labute approximate surface area is 121 Å². The first-order valence-electron chi connectivity index (χ1n) is 5.97. The Morgan fingerprint density at radius 2 is 2.05 bits per heavy atom. The van der Waals surface area contributed by atoms with E-state index >= 15 is 0 Å². The fraction of sp³-hybridized carbons (Fsp3) is 0.417. The van der Waals surface area contributed by atoms with Gasteiger partial charge in [-0.25, -0.2) is 22.1 Å². The van der Waals surface area contributed by atoms with Crippen molar-refractivity contribution in [2.24, 2.45) is 5.73 Å². The molecule has 1 fully saturated rings. The number of nitrogens with two attached hydrogens (primary N) is 1. The Morgan fingerprint density at radius 1 is 1.43 bits per heavy atom. The van der Waals surface area contributed by atoms with E-state index in [4.69, 9.17) is 10.3 Å². The van der Waals surface area contributed by atoms with Crippen LogP contribution >= 0.6 is 0 Å². The molecule has 4 N–H and O–H groups in total. The molecule has 1 unspecified atom stereocenters. The minimum atomic E-state index is -2.99. The van der Waals surface area contributed by atoms with Crippen LogP contribution in [0, 0.1) is 5.82 Å². The molecule has 5 nitrogen and oxygen atoms in total. The topological polar surface area (TPSA) is 92.4 Å². The van der Waals surface area contributed by atoms with E-state index in [1.165, 1.54) is 12.1 Å². The summed E-state index contributed by atoms with van der Waals surface area (Å²) in [6.45, 7) is -0.213. The summed E-state index contributed by atoms with van der Waals surface area (Å²) in [5, 5.41) is 0. The molecule has 0 spiro atoms. The van der Waals surface area contributed by atoms with E-state index in [0.717, 1.165) is 6.07 Å². The summed E-state index contributed by atoms with van der Waals surface area (Å²) in [5.41, 5.74) is 3.80. The second kappa shape index (κ2) is 5.39. The molecule has 2 rings (SSSR count). The van der Waals surface area contributed by atoms with Gasteiger partial charge in [0, 0.05) is 24.9 Å². The molecule has 21 heavy (non-hydrogen) atoms. The molecule has 0 radical (unpaired) electrons. The summed E-state index contributed by atoms with van der Waals surface area (Å²) >= 11 is -2.29. The van der Waals surface area contributed by atoms with Gasteiger partial charge in [0.25, 0.3) is 5.92 Å². The van der Waals surface area contributed by atoms with Crippen molar-refractivity contribution in [2.75, 3.05) is 0 Å². The predicted octanol–water partition coefficient (Wildman–Crippen LogP) is 1.20. The summed E-state index contributed by atoms with van der Waals surface area (Å²) in [6.07, 6.45) is -1.49. The Hall–Kier alpha value is -1.45. The molecule has 0 aromatic heterocycles. The lowest BCUT2D eigenvalue weighted by molar-refractivity contribution is -0.156. The first-order valence-corrected chi connectivity index (χ1v) is 7.08. The molecule has 0 saturated heterocycles. The smallest absolute Gasteiger partial charge is 0.250 e. The molecule has 9 heteroatoms. The van der Waals surface area contributed by atoms with Crippen LogP contribution in [0.25, 0.3) is 0 Å². The van der Waals surface area contributed by atoms with Crippen LogP contribution in [-0.4, -0.2) is 20.6 Å². The number of halogens is 3. The zero-order valence-electron chi connectivity index (χ0n) is 10.7. The van der Waals surface area contributed by atoms with E-state index in [2.05, 4.69) is 4.72 Å². The fourth-order valence-corrected chi connectivity index (χ4v) is 2.76. The molecule has 0 bridgehead atoms. The number of hydrogen-bond acceptors (Lipinski definition) is 2. The maximum Gasteiger partial charge on any atom is 0.250 e. The van der Waals surface area contributed by atoms with Crippen molar-refractivity contribution in [1.82, 2.24) is 4.72 Å². The van der Waals surface area contributed by atoms with Crippen LogP contribution < -0.4 is 10.5 Å². The summed E-state index contributed by atoms with van der Waals surface area (Å²) in [6, 6.07) is 3.57. The van der Waals surface area contributed by atoms with E-state index in [1.807, 2.05) is 0 Å². The molecule has 1 aliphatic rings. The SMILES string of the molecule is NC(=O)C1(c2ccc(CNS(=O)O)c(F)c2)CC(F)(F)C1. The van der Waals surface area contributed by atoms with E-state index in [0.29, 0.717) is 0 Å². The molecular formula is C12H13F3N2O3S. The monoisotopic (exact) mass is 322 g/mol. The van der Waals surface area contributed by atoms with Crippen LogP contribution in [0.15, 0.2) is 18.2 Å². The maximum atomic E-state index is 13.9. The molecule has 0 heterocycles. The van der Waals surface area contributed by atoms with Gasteiger partial charge < -0.3 is 5.73 Å². The molecule has 116 valence electrons. The van der Waals surface area contributed by atoms with Gasteiger partial charge in [0.05, 0.1) is 5.41 Å². The van der Waals surface area contributed by atoms with E-state index < -0.39 is 47.2 Å². The van der Waals surface area contributed by atoms with Gasteiger partial charge >= 0.3 is 0 Å². The number of carbonyl (C=O) groups excluding carboxylic acids is 1. The number of carbonyl (C=O) groups is 1. The van der Waals surface area contributed by atoms with Crippen LogP contribution in [0.2, 0.25) is 0 Å². The van der Waals surface area contributed by atoms with Gasteiger partial charge in [-0.15, -0.1) is 0 Å². The third-order valence-electron chi connectivity index (χ3n) is 3.58. The Balaban J connectivity index is 2.27. The average Bonchev–Trinajstić information content (AvgIpc) is 2.33. The van der Waals surface area contributed by atoms with Crippen molar-refractivity contribution in [3.8, 4) is 0 Å². The first kappa shape index (κ1) is 15.9. The van der Waals surface area contributed by atoms with Crippen molar-refractivity contribution in [2.45, 2.75) is 30.7 Å². The molecule has 1 aliphatic carbocycles. The molecule has 1 aromatic rings. The highest BCUT2D eigenvalue weighted by atomic mass is 32.2. The van der Waals surface area contributed by atoms with Crippen LogP contribution in [0.1, 0.15) is 24.0 Å². The third kappa shape index (κ3) is 3.09. The minimum absolute atomic E-state index is 0.0758. The Morgan fingerprint density at radius 3 is 2.48 bits per heavy atom. The lowest BCUT2D eigenvalue weighted by Gasteiger charge is -2.45. The molecular weight excluding hydrogens is 309 g/mol. The zero-order valence-corrected chi connectivity index (χ0v) is 11.6. The highest BCUT2D eigenvalue weighted by molar-refractivity contribution is 7.77. The number of primary amides is 1.